The van der Waals surface area contributed by atoms with Crippen molar-refractivity contribution in [2.24, 2.45) is 17.3 Å². The second-order valence-electron chi connectivity index (χ2n) is 5.19. The van der Waals surface area contributed by atoms with Crippen LogP contribution in [0.5, 0.6) is 0 Å². The zero-order valence-electron chi connectivity index (χ0n) is 10.3. The Balaban J connectivity index is 3.84. The van der Waals surface area contributed by atoms with Crippen LogP contribution < -0.4 is 5.32 Å². The lowest BCUT2D eigenvalue weighted by molar-refractivity contribution is 0.198. The highest BCUT2D eigenvalue weighted by Gasteiger charge is 2.25. The molecule has 0 saturated carbocycles. The molecule has 13 heavy (non-hydrogen) atoms. The lowest BCUT2D eigenvalue weighted by Crippen LogP contribution is -2.37. The molecule has 0 heterocycles. The number of nitrogens with one attached hydrogen (secondary N) is 1. The molecule has 0 bridgehead atoms. The summed E-state index contributed by atoms with van der Waals surface area (Å²) in [4.78, 5) is 0. The van der Waals surface area contributed by atoms with Gasteiger partial charge >= 0.3 is 0 Å². The predicted molar refractivity (Wildman–Crippen MR) is 60.9 cm³/mol. The van der Waals surface area contributed by atoms with E-state index in [1.807, 2.05) is 0 Å². The Hall–Kier alpha value is -0.0400. The maximum atomic E-state index is 3.56. The number of hydrogen-bond donors (Lipinski definition) is 1. The lowest BCUT2D eigenvalue weighted by atomic mass is 9.77. The molecule has 0 aromatic rings. The summed E-state index contributed by atoms with van der Waals surface area (Å²) in [5.41, 5.74) is 0.467. The molecule has 0 aliphatic heterocycles. The van der Waals surface area contributed by atoms with Crippen molar-refractivity contribution in [3.8, 4) is 0 Å². The topological polar surface area (TPSA) is 12.0 Å². The highest BCUT2D eigenvalue weighted by atomic mass is 14.9. The van der Waals surface area contributed by atoms with Crippen molar-refractivity contribution < 1.29 is 0 Å². The summed E-state index contributed by atoms with van der Waals surface area (Å²) in [6, 6.07) is 0. The van der Waals surface area contributed by atoms with Gasteiger partial charge in [0.25, 0.3) is 0 Å². The van der Waals surface area contributed by atoms with E-state index in [4.69, 9.17) is 0 Å². The van der Waals surface area contributed by atoms with E-state index in [9.17, 15) is 0 Å². The summed E-state index contributed by atoms with van der Waals surface area (Å²) in [6.45, 7) is 16.1. The molecule has 0 spiro atoms. The fourth-order valence-corrected chi connectivity index (χ4v) is 1.38. The molecular weight excluding hydrogens is 158 g/mol. The van der Waals surface area contributed by atoms with Crippen molar-refractivity contribution >= 4 is 0 Å². The molecule has 1 nitrogen and oxygen atoms in total. The van der Waals surface area contributed by atoms with Gasteiger partial charge in [0.1, 0.15) is 0 Å². The second kappa shape index (κ2) is 5.64. The first-order valence-electron chi connectivity index (χ1n) is 5.63. The zero-order chi connectivity index (χ0) is 10.5. The predicted octanol–water partition coefficient (Wildman–Crippen LogP) is 3.30. The van der Waals surface area contributed by atoms with Gasteiger partial charge < -0.3 is 5.32 Å². The largest absolute Gasteiger partial charge is 0.316 e. The fourth-order valence-electron chi connectivity index (χ4n) is 1.38. The van der Waals surface area contributed by atoms with Gasteiger partial charge in [0.15, 0.2) is 0 Å². The van der Waals surface area contributed by atoms with E-state index in [0.29, 0.717) is 5.41 Å². The van der Waals surface area contributed by atoms with Gasteiger partial charge in [-0.15, -0.1) is 0 Å². The molecule has 1 unspecified atom stereocenters. The van der Waals surface area contributed by atoms with Gasteiger partial charge in [0, 0.05) is 6.54 Å². The minimum Gasteiger partial charge on any atom is -0.316 e. The Morgan fingerprint density at radius 2 is 1.69 bits per heavy atom. The summed E-state index contributed by atoms with van der Waals surface area (Å²) in [7, 11) is 0. The molecule has 0 fully saturated rings. The van der Waals surface area contributed by atoms with Crippen LogP contribution in [0.15, 0.2) is 0 Å². The van der Waals surface area contributed by atoms with Gasteiger partial charge in [-0.1, -0.05) is 41.5 Å². The second-order valence-corrected chi connectivity index (χ2v) is 5.19. The molecule has 0 rings (SSSR count). The third-order valence-corrected chi connectivity index (χ3v) is 3.28. The maximum absolute atomic E-state index is 3.56. The summed E-state index contributed by atoms with van der Waals surface area (Å²) in [6.07, 6.45) is 1.26. The Bertz CT molecular complexity index is 129. The van der Waals surface area contributed by atoms with Crippen LogP contribution in [0.2, 0.25) is 0 Å². The van der Waals surface area contributed by atoms with Crippen LogP contribution in [0.3, 0.4) is 0 Å². The summed E-state index contributed by atoms with van der Waals surface area (Å²) in [5, 5.41) is 3.56. The molecule has 0 amide bonds. The molecule has 0 aliphatic rings. The number of hydrogen-bond acceptors (Lipinski definition) is 1. The van der Waals surface area contributed by atoms with Crippen LogP contribution in [-0.4, -0.2) is 13.1 Å². The average Bonchev–Trinajstić information content (AvgIpc) is 2.03. The third-order valence-electron chi connectivity index (χ3n) is 3.28. The maximum Gasteiger partial charge on any atom is 0.000762 e. The summed E-state index contributed by atoms with van der Waals surface area (Å²) < 4.78 is 0. The van der Waals surface area contributed by atoms with Gasteiger partial charge in [-0.05, 0) is 30.2 Å². The van der Waals surface area contributed by atoms with Crippen LogP contribution in [0, 0.1) is 17.3 Å². The zero-order valence-corrected chi connectivity index (χ0v) is 10.3. The van der Waals surface area contributed by atoms with E-state index < -0.39 is 0 Å². The molecule has 1 atom stereocenters. The Labute approximate surface area is 84.3 Å². The molecule has 1 heteroatoms. The molecular formula is C12H27N. The van der Waals surface area contributed by atoms with Gasteiger partial charge in [0.2, 0.25) is 0 Å². The summed E-state index contributed by atoms with van der Waals surface area (Å²) in [5.74, 6) is 1.52. The van der Waals surface area contributed by atoms with Crippen molar-refractivity contribution in [1.82, 2.24) is 5.32 Å². The smallest absolute Gasteiger partial charge is 0.000762 e. The highest BCUT2D eigenvalue weighted by Crippen LogP contribution is 2.29. The molecule has 0 saturated heterocycles. The first-order chi connectivity index (χ1) is 5.92. The van der Waals surface area contributed by atoms with E-state index in [0.717, 1.165) is 24.9 Å². The van der Waals surface area contributed by atoms with Crippen LogP contribution >= 0.6 is 0 Å². The van der Waals surface area contributed by atoms with Crippen molar-refractivity contribution in [1.29, 1.82) is 0 Å². The van der Waals surface area contributed by atoms with E-state index in [1.165, 1.54) is 6.42 Å². The van der Waals surface area contributed by atoms with Crippen LogP contribution in [-0.2, 0) is 0 Å². The van der Waals surface area contributed by atoms with Crippen molar-refractivity contribution in [2.75, 3.05) is 13.1 Å². The van der Waals surface area contributed by atoms with Gasteiger partial charge in [-0.2, -0.15) is 0 Å². The van der Waals surface area contributed by atoms with E-state index in [2.05, 4.69) is 46.9 Å². The van der Waals surface area contributed by atoms with Crippen LogP contribution in [0.4, 0.5) is 0 Å². The lowest BCUT2D eigenvalue weighted by Gasteiger charge is -2.33. The normalized spacial score (nSPS) is 16.6. The minimum atomic E-state index is 0.467. The molecule has 0 aromatic carbocycles. The Kier molecular flexibility index (Phi) is 5.62. The SMILES string of the molecule is CCC(C)(CNCC(C)C)C(C)C. The standard InChI is InChI=1S/C12H27N/c1-7-12(6,11(4)5)9-13-8-10(2)3/h10-11,13H,7-9H2,1-6H3. The number of rotatable bonds is 6. The molecule has 0 radical (unpaired) electrons. The van der Waals surface area contributed by atoms with Crippen LogP contribution in [0.25, 0.3) is 0 Å². The van der Waals surface area contributed by atoms with E-state index >= 15 is 0 Å². The van der Waals surface area contributed by atoms with Crippen molar-refractivity contribution in [3.63, 3.8) is 0 Å². The highest BCUT2D eigenvalue weighted by molar-refractivity contribution is 4.78. The summed E-state index contributed by atoms with van der Waals surface area (Å²) >= 11 is 0. The van der Waals surface area contributed by atoms with Gasteiger partial charge in [-0.25, -0.2) is 0 Å². The Morgan fingerprint density at radius 1 is 1.15 bits per heavy atom. The monoisotopic (exact) mass is 185 g/mol. The molecule has 0 aliphatic carbocycles. The van der Waals surface area contributed by atoms with Gasteiger partial charge in [-0.3, -0.25) is 0 Å². The Morgan fingerprint density at radius 3 is 2.00 bits per heavy atom. The third kappa shape index (κ3) is 4.66. The van der Waals surface area contributed by atoms with E-state index in [-0.39, 0.29) is 0 Å². The quantitative estimate of drug-likeness (QED) is 0.669. The van der Waals surface area contributed by atoms with Crippen molar-refractivity contribution in [2.45, 2.75) is 48.0 Å². The minimum absolute atomic E-state index is 0.467. The van der Waals surface area contributed by atoms with Crippen LogP contribution in [0.1, 0.15) is 48.0 Å². The van der Waals surface area contributed by atoms with Gasteiger partial charge in [0.05, 0.1) is 0 Å². The first kappa shape index (κ1) is 13.0. The molecule has 0 aromatic heterocycles. The average molecular weight is 185 g/mol. The molecule has 80 valence electrons. The van der Waals surface area contributed by atoms with E-state index in [1.54, 1.807) is 0 Å². The first-order valence-corrected chi connectivity index (χ1v) is 5.63. The molecule has 1 N–H and O–H groups in total. The fraction of sp³-hybridized carbons (Fsp3) is 1.00. The van der Waals surface area contributed by atoms with Crippen molar-refractivity contribution in [3.05, 3.63) is 0 Å².